The van der Waals surface area contributed by atoms with Gasteiger partial charge in [0.1, 0.15) is 0 Å². The van der Waals surface area contributed by atoms with Crippen LogP contribution in [0.25, 0.3) is 0 Å². The molecule has 2 fully saturated rings. The lowest BCUT2D eigenvalue weighted by molar-refractivity contribution is 0.466. The van der Waals surface area contributed by atoms with Gasteiger partial charge in [-0.1, -0.05) is 36.5 Å². The van der Waals surface area contributed by atoms with Gasteiger partial charge in [0.05, 0.1) is 0 Å². The molecule has 0 unspecified atom stereocenters. The quantitative estimate of drug-likeness (QED) is 0.475. The van der Waals surface area contributed by atoms with E-state index in [2.05, 4.69) is 30.9 Å². The molecular formula is C12H14. The number of allylic oxidation sites excluding steroid dienone is 5. The van der Waals surface area contributed by atoms with E-state index < -0.39 is 0 Å². The second-order valence-corrected chi connectivity index (χ2v) is 4.52. The molecule has 0 N–H and O–H groups in total. The van der Waals surface area contributed by atoms with Crippen LogP contribution in [0.5, 0.6) is 0 Å². The van der Waals surface area contributed by atoms with Crippen LogP contribution < -0.4 is 0 Å². The summed E-state index contributed by atoms with van der Waals surface area (Å²) in [6, 6.07) is 0. The molecule has 0 spiro atoms. The van der Waals surface area contributed by atoms with E-state index in [1.165, 1.54) is 31.3 Å². The molecule has 0 aromatic rings. The molecule has 12 heavy (non-hydrogen) atoms. The smallest absolute Gasteiger partial charge is 0.0157 e. The number of rotatable bonds is 0. The summed E-state index contributed by atoms with van der Waals surface area (Å²) < 4.78 is 0. The Morgan fingerprint density at radius 2 is 2.25 bits per heavy atom. The maximum absolute atomic E-state index is 4.21. The van der Waals surface area contributed by atoms with Gasteiger partial charge in [-0.2, -0.15) is 0 Å². The third-order valence-electron chi connectivity index (χ3n) is 4.11. The molecule has 3 aliphatic carbocycles. The van der Waals surface area contributed by atoms with Crippen LogP contribution in [0.3, 0.4) is 0 Å². The SMILES string of the molecule is C=C1CC[C@@]23CC=CC=C[C@@]12C3. The summed E-state index contributed by atoms with van der Waals surface area (Å²) in [6.45, 7) is 4.21. The minimum absolute atomic E-state index is 0.441. The molecule has 0 aromatic heterocycles. The van der Waals surface area contributed by atoms with E-state index in [0.717, 1.165) is 0 Å². The predicted molar refractivity (Wildman–Crippen MR) is 50.8 cm³/mol. The van der Waals surface area contributed by atoms with Crippen molar-refractivity contribution < 1.29 is 0 Å². The van der Waals surface area contributed by atoms with Crippen molar-refractivity contribution in [1.82, 2.24) is 0 Å². The summed E-state index contributed by atoms with van der Waals surface area (Å²) in [5, 5.41) is 0. The molecule has 3 aliphatic rings. The Morgan fingerprint density at radius 3 is 3.17 bits per heavy atom. The molecular weight excluding hydrogens is 144 g/mol. The van der Waals surface area contributed by atoms with E-state index in [-0.39, 0.29) is 0 Å². The molecule has 3 rings (SSSR count). The van der Waals surface area contributed by atoms with Crippen molar-refractivity contribution in [3.8, 4) is 0 Å². The summed E-state index contributed by atoms with van der Waals surface area (Å²) >= 11 is 0. The van der Waals surface area contributed by atoms with Crippen molar-refractivity contribution in [2.45, 2.75) is 25.7 Å². The lowest BCUT2D eigenvalue weighted by Crippen LogP contribution is -2.03. The van der Waals surface area contributed by atoms with Crippen molar-refractivity contribution in [2.75, 3.05) is 0 Å². The van der Waals surface area contributed by atoms with Gasteiger partial charge < -0.3 is 0 Å². The van der Waals surface area contributed by atoms with E-state index in [9.17, 15) is 0 Å². The first-order chi connectivity index (χ1) is 5.79. The summed E-state index contributed by atoms with van der Waals surface area (Å²) in [4.78, 5) is 0. The van der Waals surface area contributed by atoms with Crippen LogP contribution >= 0.6 is 0 Å². The van der Waals surface area contributed by atoms with Gasteiger partial charge in [-0.3, -0.25) is 0 Å². The lowest BCUT2D eigenvalue weighted by atomic mass is 9.92. The summed E-state index contributed by atoms with van der Waals surface area (Å²) in [5.74, 6) is 0. The molecule has 2 saturated carbocycles. The van der Waals surface area contributed by atoms with Crippen LogP contribution in [0, 0.1) is 10.8 Å². The Morgan fingerprint density at radius 1 is 1.33 bits per heavy atom. The van der Waals surface area contributed by atoms with E-state index in [1.54, 1.807) is 0 Å². The van der Waals surface area contributed by atoms with E-state index in [1.807, 2.05) is 0 Å². The number of hydrogen-bond acceptors (Lipinski definition) is 0. The van der Waals surface area contributed by atoms with Gasteiger partial charge in [0, 0.05) is 5.41 Å². The van der Waals surface area contributed by atoms with Crippen LogP contribution in [0.2, 0.25) is 0 Å². The van der Waals surface area contributed by atoms with Crippen molar-refractivity contribution in [3.63, 3.8) is 0 Å². The zero-order chi connectivity index (χ0) is 8.23. The third-order valence-corrected chi connectivity index (χ3v) is 4.11. The zero-order valence-electron chi connectivity index (χ0n) is 7.34. The fraction of sp³-hybridized carbons (Fsp3) is 0.500. The topological polar surface area (TPSA) is 0 Å². The first-order valence-electron chi connectivity index (χ1n) is 4.82. The third kappa shape index (κ3) is 0.532. The van der Waals surface area contributed by atoms with Crippen LogP contribution in [0.4, 0.5) is 0 Å². The molecule has 2 atom stereocenters. The average Bonchev–Trinajstić information content (AvgIpc) is 2.64. The molecule has 0 radical (unpaired) electrons. The highest BCUT2D eigenvalue weighted by Crippen LogP contribution is 2.78. The van der Waals surface area contributed by atoms with Gasteiger partial charge in [-0.25, -0.2) is 0 Å². The highest BCUT2D eigenvalue weighted by molar-refractivity contribution is 5.44. The molecule has 0 heteroatoms. The van der Waals surface area contributed by atoms with Gasteiger partial charge in [-0.05, 0) is 31.1 Å². The average molecular weight is 158 g/mol. The van der Waals surface area contributed by atoms with Gasteiger partial charge in [0.25, 0.3) is 0 Å². The normalized spacial score (nSPS) is 48.5. The Labute approximate surface area is 73.7 Å². The van der Waals surface area contributed by atoms with E-state index >= 15 is 0 Å². The predicted octanol–water partition coefficient (Wildman–Crippen LogP) is 3.23. The first kappa shape index (κ1) is 6.71. The molecule has 62 valence electrons. The highest BCUT2D eigenvalue weighted by atomic mass is 14.7. The van der Waals surface area contributed by atoms with Crippen molar-refractivity contribution in [2.24, 2.45) is 10.8 Å². The van der Waals surface area contributed by atoms with Crippen LogP contribution in [0.1, 0.15) is 25.7 Å². The summed E-state index contributed by atoms with van der Waals surface area (Å²) in [7, 11) is 0. The first-order valence-corrected chi connectivity index (χ1v) is 4.82. The van der Waals surface area contributed by atoms with Gasteiger partial charge >= 0.3 is 0 Å². The molecule has 0 heterocycles. The minimum Gasteiger partial charge on any atom is -0.0990 e. The van der Waals surface area contributed by atoms with Crippen LogP contribution in [-0.4, -0.2) is 0 Å². The van der Waals surface area contributed by atoms with Crippen molar-refractivity contribution in [3.05, 3.63) is 36.5 Å². The maximum Gasteiger partial charge on any atom is 0.0157 e. The Kier molecular flexibility index (Phi) is 0.983. The monoisotopic (exact) mass is 158 g/mol. The minimum atomic E-state index is 0.441. The number of hydrogen-bond donors (Lipinski definition) is 0. The van der Waals surface area contributed by atoms with Gasteiger partial charge in [0.15, 0.2) is 0 Å². The van der Waals surface area contributed by atoms with Crippen LogP contribution in [-0.2, 0) is 0 Å². The molecule has 0 aliphatic heterocycles. The fourth-order valence-electron chi connectivity index (χ4n) is 3.22. The second-order valence-electron chi connectivity index (χ2n) is 4.52. The Hall–Kier alpha value is -0.780. The zero-order valence-corrected chi connectivity index (χ0v) is 7.34. The van der Waals surface area contributed by atoms with Crippen molar-refractivity contribution >= 4 is 0 Å². The van der Waals surface area contributed by atoms with Crippen LogP contribution in [0.15, 0.2) is 36.5 Å². The summed E-state index contributed by atoms with van der Waals surface area (Å²) in [5.41, 5.74) is 2.55. The van der Waals surface area contributed by atoms with Crippen molar-refractivity contribution in [1.29, 1.82) is 0 Å². The van der Waals surface area contributed by atoms with Gasteiger partial charge in [0.2, 0.25) is 0 Å². The Balaban J connectivity index is 2.10. The second kappa shape index (κ2) is 1.76. The van der Waals surface area contributed by atoms with E-state index in [4.69, 9.17) is 0 Å². The summed E-state index contributed by atoms with van der Waals surface area (Å²) in [6.07, 6.45) is 14.4. The van der Waals surface area contributed by atoms with Gasteiger partial charge in [-0.15, -0.1) is 0 Å². The molecule has 0 saturated heterocycles. The standard InChI is InChI=1S/C12H14/c1-10-5-8-11-6-3-2-4-7-12(10,11)9-11/h2-4,7H,1,5-6,8-9H2/t11-,12-/m1/s1. The molecule has 0 aromatic carbocycles. The lowest BCUT2D eigenvalue weighted by Gasteiger charge is -2.11. The highest BCUT2D eigenvalue weighted by Gasteiger charge is 2.69. The fourth-order valence-corrected chi connectivity index (χ4v) is 3.22. The Bertz CT molecular complexity index is 308. The molecule has 0 nitrogen and oxygen atoms in total. The molecule has 0 amide bonds. The maximum atomic E-state index is 4.21. The van der Waals surface area contributed by atoms with E-state index in [0.29, 0.717) is 10.8 Å². The largest absolute Gasteiger partial charge is 0.0990 e. The molecule has 0 bridgehead atoms.